The largest absolute Gasteiger partial charge is 0.352 e. The van der Waals surface area contributed by atoms with Gasteiger partial charge in [-0.2, -0.15) is 5.10 Å². The third kappa shape index (κ3) is 5.58. The Balaban J connectivity index is 1.44. The lowest BCUT2D eigenvalue weighted by molar-refractivity contribution is -0.121. The number of ketones is 1. The molecule has 3 rings (SSSR count). The smallest absolute Gasteiger partial charge is 0.240 e. The lowest BCUT2D eigenvalue weighted by Crippen LogP contribution is -2.30. The Hall–Kier alpha value is -3.37. The molecule has 0 atom stereocenters. The van der Waals surface area contributed by atoms with Crippen molar-refractivity contribution in [2.24, 2.45) is 0 Å². The molecule has 156 valence electrons. The van der Waals surface area contributed by atoms with Crippen molar-refractivity contribution in [3.05, 3.63) is 72.3 Å². The van der Waals surface area contributed by atoms with Gasteiger partial charge in [0.25, 0.3) is 0 Å². The molecule has 1 heterocycles. The summed E-state index contributed by atoms with van der Waals surface area (Å²) in [4.78, 5) is 27.2. The highest BCUT2D eigenvalue weighted by Gasteiger charge is 2.14. The fourth-order valence-corrected chi connectivity index (χ4v) is 3.68. The van der Waals surface area contributed by atoms with Crippen LogP contribution in [0.15, 0.2) is 66.1 Å². The number of sulfonamides is 1. The number of amides is 1. The molecular weight excluding hydrogens is 406 g/mol. The molecule has 30 heavy (non-hydrogen) atoms. The van der Waals surface area contributed by atoms with Crippen molar-refractivity contribution in [2.45, 2.75) is 24.8 Å². The average molecular weight is 427 g/mol. The van der Waals surface area contributed by atoms with Crippen LogP contribution in [-0.4, -0.2) is 41.4 Å². The monoisotopic (exact) mass is 427 g/mol. The molecule has 10 heteroatoms. The first-order valence-corrected chi connectivity index (χ1v) is 10.6. The summed E-state index contributed by atoms with van der Waals surface area (Å²) < 4.78 is 28.5. The van der Waals surface area contributed by atoms with E-state index in [1.165, 1.54) is 37.5 Å². The minimum Gasteiger partial charge on any atom is -0.352 e. The maximum Gasteiger partial charge on any atom is 0.240 e. The Kier molecular flexibility index (Phi) is 6.70. The van der Waals surface area contributed by atoms with Crippen LogP contribution in [0.4, 0.5) is 0 Å². The van der Waals surface area contributed by atoms with Gasteiger partial charge in [-0.1, -0.05) is 24.3 Å². The second-order valence-electron chi connectivity index (χ2n) is 6.51. The zero-order valence-electron chi connectivity index (χ0n) is 16.3. The number of Topliss-reactive ketones (excluding diaryl/α,β-unsaturated/α-hetero) is 1. The SMILES string of the molecule is CC(=O)c1ccc(S(=O)(=O)NCCC(=O)NCc2ccc(-n3cncn3)cc2)cc1. The molecule has 9 nitrogen and oxygen atoms in total. The maximum atomic E-state index is 12.3. The van der Waals surface area contributed by atoms with Gasteiger partial charge in [0, 0.05) is 25.1 Å². The fourth-order valence-electron chi connectivity index (χ4n) is 2.65. The van der Waals surface area contributed by atoms with E-state index in [-0.39, 0.29) is 29.6 Å². The van der Waals surface area contributed by atoms with Gasteiger partial charge in [-0.05, 0) is 36.8 Å². The Morgan fingerprint density at radius 2 is 1.73 bits per heavy atom. The summed E-state index contributed by atoms with van der Waals surface area (Å²) in [5, 5.41) is 6.80. The van der Waals surface area contributed by atoms with Gasteiger partial charge in [0.1, 0.15) is 12.7 Å². The van der Waals surface area contributed by atoms with Gasteiger partial charge < -0.3 is 5.32 Å². The number of carbonyl (C=O) groups is 2. The van der Waals surface area contributed by atoms with Crippen molar-refractivity contribution < 1.29 is 18.0 Å². The maximum absolute atomic E-state index is 12.3. The van der Waals surface area contributed by atoms with Gasteiger partial charge in [0.15, 0.2) is 5.78 Å². The van der Waals surface area contributed by atoms with Crippen LogP contribution in [0.5, 0.6) is 0 Å². The van der Waals surface area contributed by atoms with Crippen molar-refractivity contribution in [2.75, 3.05) is 6.54 Å². The molecule has 0 unspecified atom stereocenters. The topological polar surface area (TPSA) is 123 Å². The van der Waals surface area contributed by atoms with E-state index in [4.69, 9.17) is 0 Å². The Labute approximate surface area is 174 Å². The van der Waals surface area contributed by atoms with Crippen molar-refractivity contribution in [1.29, 1.82) is 0 Å². The number of hydrogen-bond acceptors (Lipinski definition) is 6. The summed E-state index contributed by atoms with van der Waals surface area (Å²) in [5.74, 6) is -0.415. The van der Waals surface area contributed by atoms with Crippen LogP contribution in [0.3, 0.4) is 0 Å². The number of benzene rings is 2. The van der Waals surface area contributed by atoms with Gasteiger partial charge in [-0.15, -0.1) is 0 Å². The molecule has 0 saturated heterocycles. The second-order valence-corrected chi connectivity index (χ2v) is 8.28. The highest BCUT2D eigenvalue weighted by atomic mass is 32.2. The highest BCUT2D eigenvalue weighted by Crippen LogP contribution is 2.11. The minimum atomic E-state index is -3.75. The first-order chi connectivity index (χ1) is 14.3. The summed E-state index contributed by atoms with van der Waals surface area (Å²) >= 11 is 0. The lowest BCUT2D eigenvalue weighted by atomic mass is 10.2. The van der Waals surface area contributed by atoms with Crippen molar-refractivity contribution in [3.8, 4) is 5.69 Å². The fraction of sp³-hybridized carbons (Fsp3) is 0.200. The van der Waals surface area contributed by atoms with Crippen molar-refractivity contribution in [1.82, 2.24) is 24.8 Å². The van der Waals surface area contributed by atoms with Crippen LogP contribution >= 0.6 is 0 Å². The summed E-state index contributed by atoms with van der Waals surface area (Å²) in [6, 6.07) is 13.1. The normalized spacial score (nSPS) is 11.2. The van der Waals surface area contributed by atoms with Crippen LogP contribution in [0.25, 0.3) is 5.69 Å². The Morgan fingerprint density at radius 3 is 2.33 bits per heavy atom. The molecule has 1 amide bonds. The Morgan fingerprint density at radius 1 is 1.03 bits per heavy atom. The first-order valence-electron chi connectivity index (χ1n) is 9.16. The molecule has 3 aromatic rings. The van der Waals surface area contributed by atoms with E-state index in [1.807, 2.05) is 24.3 Å². The second kappa shape index (κ2) is 9.42. The summed E-state index contributed by atoms with van der Waals surface area (Å²) in [6.07, 6.45) is 3.04. The zero-order chi connectivity index (χ0) is 21.6. The van der Waals surface area contributed by atoms with Crippen LogP contribution < -0.4 is 10.0 Å². The molecule has 0 saturated carbocycles. The van der Waals surface area contributed by atoms with Gasteiger partial charge in [-0.25, -0.2) is 22.8 Å². The number of nitrogens with one attached hydrogen (secondary N) is 2. The number of rotatable bonds is 9. The van der Waals surface area contributed by atoms with E-state index >= 15 is 0 Å². The lowest BCUT2D eigenvalue weighted by Gasteiger charge is -2.09. The predicted octanol–water partition coefficient (Wildman–Crippen LogP) is 1.45. The van der Waals surface area contributed by atoms with Crippen LogP contribution in [0.2, 0.25) is 0 Å². The number of carbonyl (C=O) groups excluding carboxylic acids is 2. The molecular formula is C20H21N5O4S. The molecule has 0 spiro atoms. The summed E-state index contributed by atoms with van der Waals surface area (Å²) in [5.41, 5.74) is 2.19. The van der Waals surface area contributed by atoms with Gasteiger partial charge >= 0.3 is 0 Å². The van der Waals surface area contributed by atoms with E-state index < -0.39 is 10.0 Å². The third-order valence-electron chi connectivity index (χ3n) is 4.32. The van der Waals surface area contributed by atoms with Crippen LogP contribution in [-0.2, 0) is 21.4 Å². The standard InChI is InChI=1S/C20H21N5O4S/c1-15(26)17-4-8-19(9-5-17)30(28,29)24-11-10-20(27)22-12-16-2-6-18(7-3-16)25-14-21-13-23-25/h2-9,13-14,24H,10-12H2,1H3,(H,22,27). The van der Waals surface area contributed by atoms with Crippen molar-refractivity contribution >= 4 is 21.7 Å². The van der Waals surface area contributed by atoms with Crippen LogP contribution in [0.1, 0.15) is 29.3 Å². The molecule has 0 aliphatic rings. The van der Waals surface area contributed by atoms with E-state index in [0.717, 1.165) is 11.3 Å². The summed E-state index contributed by atoms with van der Waals surface area (Å²) in [6.45, 7) is 1.70. The molecule has 0 bridgehead atoms. The first kappa shape index (κ1) is 21.3. The number of hydrogen-bond donors (Lipinski definition) is 2. The van der Waals surface area contributed by atoms with E-state index in [2.05, 4.69) is 20.1 Å². The Bertz CT molecular complexity index is 1110. The highest BCUT2D eigenvalue weighted by molar-refractivity contribution is 7.89. The third-order valence-corrected chi connectivity index (χ3v) is 5.80. The number of nitrogens with zero attached hydrogens (tertiary/aromatic N) is 3. The van der Waals surface area contributed by atoms with Gasteiger partial charge in [0.05, 0.1) is 10.6 Å². The van der Waals surface area contributed by atoms with Crippen LogP contribution in [0, 0.1) is 0 Å². The number of aromatic nitrogens is 3. The average Bonchev–Trinajstić information content (AvgIpc) is 3.27. The van der Waals surface area contributed by atoms with Gasteiger partial charge in [0.2, 0.25) is 15.9 Å². The summed E-state index contributed by atoms with van der Waals surface area (Å²) in [7, 11) is -3.75. The molecule has 1 aromatic heterocycles. The molecule has 0 radical (unpaired) electrons. The minimum absolute atomic E-state index is 0.00179. The van der Waals surface area contributed by atoms with E-state index in [9.17, 15) is 18.0 Å². The molecule has 0 fully saturated rings. The van der Waals surface area contributed by atoms with Gasteiger partial charge in [-0.3, -0.25) is 9.59 Å². The molecule has 2 N–H and O–H groups in total. The van der Waals surface area contributed by atoms with E-state index in [1.54, 1.807) is 11.0 Å². The molecule has 0 aliphatic heterocycles. The zero-order valence-corrected chi connectivity index (χ0v) is 17.1. The molecule has 0 aliphatic carbocycles. The van der Waals surface area contributed by atoms with E-state index in [0.29, 0.717) is 12.1 Å². The van der Waals surface area contributed by atoms with Crippen molar-refractivity contribution in [3.63, 3.8) is 0 Å². The molecule has 2 aromatic carbocycles. The predicted molar refractivity (Wildman–Crippen MR) is 109 cm³/mol. The quantitative estimate of drug-likeness (QED) is 0.498.